The standard InChI is InChI=1S/C18H17ClN4O/c1-13-16(12-22-23(13)17-4-2-3-10-20-17)18(24)21-11-9-14-5-7-15(19)8-6-14/h2-8,10,12H,9,11H2,1H3,(H,21,24). The van der Waals surface area contributed by atoms with Crippen LogP contribution >= 0.6 is 11.6 Å². The molecule has 0 saturated heterocycles. The van der Waals surface area contributed by atoms with Gasteiger partial charge in [0.15, 0.2) is 5.82 Å². The van der Waals surface area contributed by atoms with E-state index in [0.717, 1.165) is 17.7 Å². The van der Waals surface area contributed by atoms with Gasteiger partial charge in [0.2, 0.25) is 0 Å². The molecule has 0 aliphatic carbocycles. The highest BCUT2D eigenvalue weighted by Crippen LogP contribution is 2.12. The Morgan fingerprint density at radius 2 is 2.00 bits per heavy atom. The normalized spacial score (nSPS) is 10.6. The van der Waals surface area contributed by atoms with Crippen LogP contribution in [-0.4, -0.2) is 27.2 Å². The van der Waals surface area contributed by atoms with E-state index in [-0.39, 0.29) is 5.91 Å². The topological polar surface area (TPSA) is 59.8 Å². The van der Waals surface area contributed by atoms with E-state index in [2.05, 4.69) is 15.4 Å². The van der Waals surface area contributed by atoms with Crippen LogP contribution in [-0.2, 0) is 6.42 Å². The third-order valence-corrected chi connectivity index (χ3v) is 3.99. The van der Waals surface area contributed by atoms with Crippen molar-refractivity contribution in [3.05, 3.63) is 76.7 Å². The number of halogens is 1. The lowest BCUT2D eigenvalue weighted by molar-refractivity contribution is 0.0953. The van der Waals surface area contributed by atoms with E-state index in [0.29, 0.717) is 22.9 Å². The maximum absolute atomic E-state index is 12.3. The first-order valence-electron chi connectivity index (χ1n) is 7.64. The Hall–Kier alpha value is -2.66. The number of hydrogen-bond acceptors (Lipinski definition) is 3. The van der Waals surface area contributed by atoms with Crippen molar-refractivity contribution in [1.29, 1.82) is 0 Å². The average Bonchev–Trinajstić information content (AvgIpc) is 2.99. The van der Waals surface area contributed by atoms with Crippen LogP contribution in [0.25, 0.3) is 5.82 Å². The molecular weight excluding hydrogens is 324 g/mol. The van der Waals surface area contributed by atoms with Crippen LogP contribution in [0.1, 0.15) is 21.6 Å². The number of rotatable bonds is 5. The van der Waals surface area contributed by atoms with Crippen molar-refractivity contribution in [2.45, 2.75) is 13.3 Å². The molecule has 0 atom stereocenters. The summed E-state index contributed by atoms with van der Waals surface area (Å²) in [6, 6.07) is 13.2. The van der Waals surface area contributed by atoms with Crippen LogP contribution in [0.4, 0.5) is 0 Å². The van der Waals surface area contributed by atoms with Crippen LogP contribution in [0.3, 0.4) is 0 Å². The van der Waals surface area contributed by atoms with Gasteiger partial charge in [-0.1, -0.05) is 29.8 Å². The van der Waals surface area contributed by atoms with Crippen molar-refractivity contribution in [1.82, 2.24) is 20.1 Å². The first-order valence-corrected chi connectivity index (χ1v) is 8.01. The number of benzene rings is 1. The Balaban J connectivity index is 1.63. The summed E-state index contributed by atoms with van der Waals surface area (Å²) < 4.78 is 1.66. The molecule has 3 rings (SSSR count). The number of carbonyl (C=O) groups excluding carboxylic acids is 1. The maximum Gasteiger partial charge on any atom is 0.254 e. The number of carbonyl (C=O) groups is 1. The molecule has 0 saturated carbocycles. The van der Waals surface area contributed by atoms with E-state index in [1.807, 2.05) is 49.4 Å². The van der Waals surface area contributed by atoms with Gasteiger partial charge < -0.3 is 5.32 Å². The second-order valence-corrected chi connectivity index (χ2v) is 5.81. The number of hydrogen-bond donors (Lipinski definition) is 1. The first-order chi connectivity index (χ1) is 11.6. The molecular formula is C18H17ClN4O. The minimum absolute atomic E-state index is 0.136. The Labute approximate surface area is 145 Å². The molecule has 0 fully saturated rings. The zero-order chi connectivity index (χ0) is 16.9. The minimum atomic E-state index is -0.136. The van der Waals surface area contributed by atoms with Crippen molar-refractivity contribution < 1.29 is 4.79 Å². The predicted octanol–water partition coefficient (Wildman–Crippen LogP) is 3.20. The summed E-state index contributed by atoms with van der Waals surface area (Å²) in [7, 11) is 0. The van der Waals surface area contributed by atoms with Crippen molar-refractivity contribution in [2.75, 3.05) is 6.54 Å². The molecule has 6 heteroatoms. The van der Waals surface area contributed by atoms with Crippen LogP contribution in [0.2, 0.25) is 5.02 Å². The summed E-state index contributed by atoms with van der Waals surface area (Å²) in [6.45, 7) is 2.41. The molecule has 2 aromatic heterocycles. The molecule has 1 N–H and O–H groups in total. The van der Waals surface area contributed by atoms with Crippen LogP contribution in [0.5, 0.6) is 0 Å². The smallest absolute Gasteiger partial charge is 0.254 e. The molecule has 0 unspecified atom stereocenters. The van der Waals surface area contributed by atoms with E-state index in [1.165, 1.54) is 0 Å². The molecule has 3 aromatic rings. The van der Waals surface area contributed by atoms with Gasteiger partial charge in [0, 0.05) is 17.8 Å². The highest BCUT2D eigenvalue weighted by molar-refractivity contribution is 6.30. The van der Waals surface area contributed by atoms with Gasteiger partial charge in [-0.15, -0.1) is 0 Å². The third-order valence-electron chi connectivity index (χ3n) is 3.73. The van der Waals surface area contributed by atoms with E-state index >= 15 is 0 Å². The maximum atomic E-state index is 12.3. The van der Waals surface area contributed by atoms with Crippen molar-refractivity contribution >= 4 is 17.5 Å². The number of nitrogens with one attached hydrogen (secondary N) is 1. The zero-order valence-corrected chi connectivity index (χ0v) is 14.0. The van der Waals surface area contributed by atoms with Crippen molar-refractivity contribution in [3.63, 3.8) is 0 Å². The highest BCUT2D eigenvalue weighted by atomic mass is 35.5. The second kappa shape index (κ2) is 7.27. The summed E-state index contributed by atoms with van der Waals surface area (Å²) in [5.74, 6) is 0.554. The summed E-state index contributed by atoms with van der Waals surface area (Å²) in [5, 5.41) is 7.89. The summed E-state index contributed by atoms with van der Waals surface area (Å²) in [5.41, 5.74) is 2.44. The molecule has 122 valence electrons. The van der Waals surface area contributed by atoms with E-state index in [1.54, 1.807) is 17.1 Å². The summed E-state index contributed by atoms with van der Waals surface area (Å²) in [4.78, 5) is 16.6. The van der Waals surface area contributed by atoms with Gasteiger partial charge >= 0.3 is 0 Å². The molecule has 0 spiro atoms. The summed E-state index contributed by atoms with van der Waals surface area (Å²) in [6.07, 6.45) is 4.01. The average molecular weight is 341 g/mol. The van der Waals surface area contributed by atoms with Gasteiger partial charge in [-0.25, -0.2) is 9.67 Å². The quantitative estimate of drug-likeness (QED) is 0.776. The molecule has 1 amide bonds. The molecule has 0 aliphatic rings. The Bertz CT molecular complexity index is 828. The van der Waals surface area contributed by atoms with Gasteiger partial charge in [-0.05, 0) is 43.2 Å². The number of nitrogens with zero attached hydrogens (tertiary/aromatic N) is 3. The molecule has 5 nitrogen and oxygen atoms in total. The van der Waals surface area contributed by atoms with Crippen molar-refractivity contribution in [3.8, 4) is 5.82 Å². The van der Waals surface area contributed by atoms with Crippen LogP contribution < -0.4 is 5.32 Å². The monoisotopic (exact) mass is 340 g/mol. The SMILES string of the molecule is Cc1c(C(=O)NCCc2ccc(Cl)cc2)cnn1-c1ccccn1. The minimum Gasteiger partial charge on any atom is -0.352 e. The van der Waals surface area contributed by atoms with Gasteiger partial charge in [-0.2, -0.15) is 5.10 Å². The van der Waals surface area contributed by atoms with Gasteiger partial charge in [0.25, 0.3) is 5.91 Å². The lowest BCUT2D eigenvalue weighted by Crippen LogP contribution is -2.26. The number of aromatic nitrogens is 3. The van der Waals surface area contributed by atoms with E-state index in [9.17, 15) is 4.79 Å². The van der Waals surface area contributed by atoms with Gasteiger partial charge in [0.1, 0.15) is 0 Å². The molecule has 1 aromatic carbocycles. The molecule has 0 bridgehead atoms. The fraction of sp³-hybridized carbons (Fsp3) is 0.167. The summed E-state index contributed by atoms with van der Waals surface area (Å²) >= 11 is 5.86. The fourth-order valence-electron chi connectivity index (χ4n) is 2.41. The number of amides is 1. The van der Waals surface area contributed by atoms with Crippen LogP contribution in [0, 0.1) is 6.92 Å². The van der Waals surface area contributed by atoms with E-state index in [4.69, 9.17) is 11.6 Å². The Morgan fingerprint density at radius 1 is 1.21 bits per heavy atom. The van der Waals surface area contributed by atoms with Crippen molar-refractivity contribution in [2.24, 2.45) is 0 Å². The molecule has 24 heavy (non-hydrogen) atoms. The van der Waals surface area contributed by atoms with E-state index < -0.39 is 0 Å². The second-order valence-electron chi connectivity index (χ2n) is 5.38. The zero-order valence-electron chi connectivity index (χ0n) is 13.2. The third kappa shape index (κ3) is 3.63. The van der Waals surface area contributed by atoms with Crippen LogP contribution in [0.15, 0.2) is 54.9 Å². The predicted molar refractivity (Wildman–Crippen MR) is 93.6 cm³/mol. The van der Waals surface area contributed by atoms with Gasteiger partial charge in [-0.3, -0.25) is 4.79 Å². The Morgan fingerprint density at radius 3 is 2.71 bits per heavy atom. The first kappa shape index (κ1) is 16.2. The highest BCUT2D eigenvalue weighted by Gasteiger charge is 2.15. The number of pyridine rings is 1. The lowest BCUT2D eigenvalue weighted by Gasteiger charge is -2.06. The fourth-order valence-corrected chi connectivity index (χ4v) is 2.54. The largest absolute Gasteiger partial charge is 0.352 e. The van der Waals surface area contributed by atoms with Gasteiger partial charge in [0.05, 0.1) is 17.5 Å². The molecule has 2 heterocycles. The Kier molecular flexibility index (Phi) is 4.91. The lowest BCUT2D eigenvalue weighted by atomic mass is 10.1. The molecule has 0 radical (unpaired) electrons. The molecule has 0 aliphatic heterocycles.